The molecule has 0 aliphatic carbocycles. The lowest BCUT2D eigenvalue weighted by Gasteiger charge is -2.32. The van der Waals surface area contributed by atoms with Gasteiger partial charge in [0.25, 0.3) is 5.91 Å². The van der Waals surface area contributed by atoms with Gasteiger partial charge in [-0.25, -0.2) is 0 Å². The van der Waals surface area contributed by atoms with Crippen LogP contribution >= 0.6 is 0 Å². The van der Waals surface area contributed by atoms with Crippen LogP contribution in [0.3, 0.4) is 0 Å². The summed E-state index contributed by atoms with van der Waals surface area (Å²) in [7, 11) is 0. The van der Waals surface area contributed by atoms with Gasteiger partial charge in [0.05, 0.1) is 26.2 Å². The monoisotopic (exact) mass is 365 g/mol. The van der Waals surface area contributed by atoms with Crippen LogP contribution in [0.25, 0.3) is 0 Å². The van der Waals surface area contributed by atoms with Crippen LogP contribution in [-0.4, -0.2) is 54.4 Å². The Kier molecular flexibility index (Phi) is 5.16. The summed E-state index contributed by atoms with van der Waals surface area (Å²) in [5, 5.41) is 0. The molecule has 3 heterocycles. The van der Waals surface area contributed by atoms with E-state index in [1.165, 1.54) is 10.5 Å². The SMILES string of the molecule is O=C(c1ccc(N2CCCC2=O)cc1)N1CC[NH+](Cc2ccncc2)CC1. The van der Waals surface area contributed by atoms with Gasteiger partial charge < -0.3 is 14.7 Å². The minimum atomic E-state index is 0.0808. The third-order valence-corrected chi connectivity index (χ3v) is 5.46. The molecule has 2 amide bonds. The predicted molar refractivity (Wildman–Crippen MR) is 103 cm³/mol. The van der Waals surface area contributed by atoms with Crippen LogP contribution < -0.4 is 9.80 Å². The Balaban J connectivity index is 1.33. The normalized spacial score (nSPS) is 18.1. The van der Waals surface area contributed by atoms with E-state index >= 15 is 0 Å². The highest BCUT2D eigenvalue weighted by Crippen LogP contribution is 2.22. The second-order valence-corrected chi connectivity index (χ2v) is 7.27. The van der Waals surface area contributed by atoms with E-state index in [1.54, 1.807) is 4.90 Å². The zero-order valence-electron chi connectivity index (χ0n) is 15.4. The maximum absolute atomic E-state index is 12.8. The standard InChI is InChI=1S/C21H24N4O2/c26-20-2-1-11-25(20)19-5-3-18(4-6-19)21(27)24-14-12-23(13-15-24)16-17-7-9-22-10-8-17/h3-10H,1-2,11-16H2/p+1. The van der Waals surface area contributed by atoms with Crippen LogP contribution in [0.2, 0.25) is 0 Å². The van der Waals surface area contributed by atoms with E-state index in [4.69, 9.17) is 0 Å². The predicted octanol–water partition coefficient (Wildman–Crippen LogP) is 0.749. The average molecular weight is 365 g/mol. The van der Waals surface area contributed by atoms with Gasteiger partial charge in [0.15, 0.2) is 0 Å². The van der Waals surface area contributed by atoms with E-state index in [0.717, 1.165) is 51.4 Å². The van der Waals surface area contributed by atoms with Gasteiger partial charge in [-0.05, 0) is 42.8 Å². The van der Waals surface area contributed by atoms with Crippen molar-refractivity contribution in [3.05, 3.63) is 59.9 Å². The number of nitrogens with zero attached hydrogens (tertiary/aromatic N) is 3. The summed E-state index contributed by atoms with van der Waals surface area (Å²) in [4.78, 5) is 33.9. The lowest BCUT2D eigenvalue weighted by molar-refractivity contribution is -0.917. The highest BCUT2D eigenvalue weighted by molar-refractivity contribution is 5.97. The Hall–Kier alpha value is -2.73. The Bertz CT molecular complexity index is 799. The van der Waals surface area contributed by atoms with Crippen LogP contribution in [0.15, 0.2) is 48.8 Å². The first kappa shape index (κ1) is 17.7. The average Bonchev–Trinajstić information content (AvgIpc) is 3.15. The van der Waals surface area contributed by atoms with Crippen LogP contribution in [0.5, 0.6) is 0 Å². The highest BCUT2D eigenvalue weighted by Gasteiger charge is 2.25. The number of benzene rings is 1. The second-order valence-electron chi connectivity index (χ2n) is 7.27. The molecule has 0 atom stereocenters. The maximum atomic E-state index is 12.8. The molecule has 140 valence electrons. The lowest BCUT2D eigenvalue weighted by Crippen LogP contribution is -3.13. The minimum Gasteiger partial charge on any atom is -0.328 e. The highest BCUT2D eigenvalue weighted by atomic mass is 16.2. The Morgan fingerprint density at radius 3 is 2.33 bits per heavy atom. The van der Waals surface area contributed by atoms with Crippen molar-refractivity contribution in [3.8, 4) is 0 Å². The summed E-state index contributed by atoms with van der Waals surface area (Å²) in [6.45, 7) is 5.19. The topological polar surface area (TPSA) is 58.0 Å². The molecule has 1 aromatic heterocycles. The number of carbonyl (C=O) groups is 2. The molecule has 2 saturated heterocycles. The molecule has 0 radical (unpaired) electrons. The van der Waals surface area contributed by atoms with Crippen LogP contribution in [0.1, 0.15) is 28.8 Å². The quantitative estimate of drug-likeness (QED) is 0.870. The van der Waals surface area contributed by atoms with Gasteiger partial charge in [-0.1, -0.05) is 0 Å². The molecule has 1 N–H and O–H groups in total. The summed E-state index contributed by atoms with van der Waals surface area (Å²) in [5.41, 5.74) is 2.87. The van der Waals surface area contributed by atoms with Crippen molar-refractivity contribution in [3.63, 3.8) is 0 Å². The molecule has 2 aliphatic rings. The fourth-order valence-corrected chi connectivity index (χ4v) is 3.88. The van der Waals surface area contributed by atoms with Gasteiger partial charge in [-0.2, -0.15) is 0 Å². The molecule has 0 bridgehead atoms. The number of carbonyl (C=O) groups excluding carboxylic acids is 2. The maximum Gasteiger partial charge on any atom is 0.254 e. The summed E-state index contributed by atoms with van der Waals surface area (Å²) >= 11 is 0. The molecule has 4 rings (SSSR count). The van der Waals surface area contributed by atoms with E-state index in [9.17, 15) is 9.59 Å². The van der Waals surface area contributed by atoms with E-state index in [0.29, 0.717) is 12.0 Å². The van der Waals surface area contributed by atoms with Gasteiger partial charge in [-0.3, -0.25) is 14.6 Å². The van der Waals surface area contributed by atoms with E-state index in [-0.39, 0.29) is 11.8 Å². The Morgan fingerprint density at radius 1 is 1.00 bits per heavy atom. The number of rotatable bonds is 4. The Labute approximate surface area is 159 Å². The molecule has 0 saturated carbocycles. The largest absolute Gasteiger partial charge is 0.328 e. The molecular formula is C21H25N4O2+. The van der Waals surface area contributed by atoms with Gasteiger partial charge in [0, 0.05) is 42.2 Å². The zero-order chi connectivity index (χ0) is 18.6. The summed E-state index contributed by atoms with van der Waals surface area (Å²) in [6, 6.07) is 11.6. The number of amides is 2. The van der Waals surface area contributed by atoms with Gasteiger partial charge >= 0.3 is 0 Å². The minimum absolute atomic E-state index is 0.0808. The van der Waals surface area contributed by atoms with E-state index in [2.05, 4.69) is 17.1 Å². The fraction of sp³-hybridized carbons (Fsp3) is 0.381. The number of piperazine rings is 1. The molecular weight excluding hydrogens is 340 g/mol. The number of aromatic nitrogens is 1. The second kappa shape index (κ2) is 7.88. The van der Waals surface area contributed by atoms with Crippen molar-refractivity contribution in [2.75, 3.05) is 37.6 Å². The molecule has 2 aliphatic heterocycles. The van der Waals surface area contributed by atoms with Crippen molar-refractivity contribution in [1.82, 2.24) is 9.88 Å². The molecule has 27 heavy (non-hydrogen) atoms. The number of hydrogen-bond acceptors (Lipinski definition) is 3. The molecule has 2 aromatic rings. The smallest absolute Gasteiger partial charge is 0.254 e. The fourth-order valence-electron chi connectivity index (χ4n) is 3.88. The Morgan fingerprint density at radius 2 is 1.70 bits per heavy atom. The lowest BCUT2D eigenvalue weighted by atomic mass is 10.1. The van der Waals surface area contributed by atoms with Crippen LogP contribution in [-0.2, 0) is 11.3 Å². The summed E-state index contributed by atoms with van der Waals surface area (Å²) in [6.07, 6.45) is 5.18. The number of pyridine rings is 1. The number of anilines is 1. The van der Waals surface area contributed by atoms with Gasteiger partial charge in [0.2, 0.25) is 5.91 Å². The molecule has 2 fully saturated rings. The molecule has 6 nitrogen and oxygen atoms in total. The van der Waals surface area contributed by atoms with Crippen LogP contribution in [0, 0.1) is 0 Å². The van der Waals surface area contributed by atoms with Crippen molar-refractivity contribution in [2.45, 2.75) is 19.4 Å². The van der Waals surface area contributed by atoms with Gasteiger partial charge in [-0.15, -0.1) is 0 Å². The molecule has 0 spiro atoms. The molecule has 0 unspecified atom stereocenters. The van der Waals surface area contributed by atoms with Crippen molar-refractivity contribution in [1.29, 1.82) is 0 Å². The third kappa shape index (κ3) is 4.01. The number of nitrogens with one attached hydrogen (secondary N) is 1. The van der Waals surface area contributed by atoms with Crippen molar-refractivity contribution < 1.29 is 14.5 Å². The van der Waals surface area contributed by atoms with Gasteiger partial charge in [0.1, 0.15) is 6.54 Å². The summed E-state index contributed by atoms with van der Waals surface area (Å²) in [5.74, 6) is 0.250. The third-order valence-electron chi connectivity index (χ3n) is 5.46. The van der Waals surface area contributed by atoms with E-state index < -0.39 is 0 Å². The molecule has 6 heteroatoms. The summed E-state index contributed by atoms with van der Waals surface area (Å²) < 4.78 is 0. The van der Waals surface area contributed by atoms with Crippen molar-refractivity contribution in [2.24, 2.45) is 0 Å². The first-order valence-electron chi connectivity index (χ1n) is 9.63. The molecule has 1 aromatic carbocycles. The first-order valence-corrected chi connectivity index (χ1v) is 9.63. The van der Waals surface area contributed by atoms with Crippen molar-refractivity contribution >= 4 is 17.5 Å². The number of quaternary nitrogens is 1. The van der Waals surface area contributed by atoms with E-state index in [1.807, 2.05) is 41.6 Å². The number of hydrogen-bond donors (Lipinski definition) is 1. The first-order chi connectivity index (χ1) is 13.2. The zero-order valence-corrected chi connectivity index (χ0v) is 15.4. The van der Waals surface area contributed by atoms with Crippen LogP contribution in [0.4, 0.5) is 5.69 Å².